The molecule has 0 atom stereocenters. The van der Waals surface area contributed by atoms with E-state index < -0.39 is 11.8 Å². The maximum Gasteiger partial charge on any atom is 0.340 e. The van der Waals surface area contributed by atoms with Gasteiger partial charge in [0.25, 0.3) is 0 Å². The maximum absolute atomic E-state index is 14.0. The van der Waals surface area contributed by atoms with Crippen LogP contribution < -0.4 is 10.5 Å². The zero-order valence-electron chi connectivity index (χ0n) is 12.2. The highest BCUT2D eigenvalue weighted by atomic mass is 19.1. The predicted octanol–water partition coefficient (Wildman–Crippen LogP) is 2.68. The molecule has 116 valence electrons. The van der Waals surface area contributed by atoms with E-state index in [-0.39, 0.29) is 5.52 Å². The number of aromatic nitrogens is 3. The summed E-state index contributed by atoms with van der Waals surface area (Å²) < 4.78 is 19.9. The minimum Gasteiger partial charge on any atom is -0.481 e. The number of para-hydroxylation sites is 1. The Balaban J connectivity index is 2.08. The standard InChI is InChI=1S/C16H13FN4O2/c1-23-14-7-2-4-10(19-14)8-9-13-11-5-3-6-12(17)15(11)21(20-13)16(18)22/h2-9H,1H3,(H2,18,22)/b9-8+. The molecule has 0 fully saturated rings. The summed E-state index contributed by atoms with van der Waals surface area (Å²) in [6, 6.07) is 8.93. The van der Waals surface area contributed by atoms with E-state index in [0.717, 1.165) is 4.68 Å². The molecule has 2 heterocycles. The normalized spacial score (nSPS) is 11.2. The summed E-state index contributed by atoms with van der Waals surface area (Å²) in [5.74, 6) is -0.0846. The van der Waals surface area contributed by atoms with E-state index in [4.69, 9.17) is 10.5 Å². The number of hydrogen-bond donors (Lipinski definition) is 1. The summed E-state index contributed by atoms with van der Waals surface area (Å²) in [6.07, 6.45) is 3.34. The molecule has 0 aliphatic rings. The third kappa shape index (κ3) is 2.76. The highest BCUT2D eigenvalue weighted by molar-refractivity contribution is 5.95. The number of hydrogen-bond acceptors (Lipinski definition) is 4. The highest BCUT2D eigenvalue weighted by Crippen LogP contribution is 2.23. The third-order valence-electron chi connectivity index (χ3n) is 3.26. The van der Waals surface area contributed by atoms with Gasteiger partial charge in [0.15, 0.2) is 0 Å². The fourth-order valence-corrected chi connectivity index (χ4v) is 2.23. The molecule has 3 aromatic rings. The molecule has 6 nitrogen and oxygen atoms in total. The molecule has 0 radical (unpaired) electrons. The first kappa shape index (κ1) is 14.7. The zero-order valence-corrected chi connectivity index (χ0v) is 12.2. The lowest BCUT2D eigenvalue weighted by atomic mass is 10.2. The SMILES string of the molecule is COc1cccc(/C=C/c2nn(C(N)=O)c3c(F)cccc23)n1. The summed E-state index contributed by atoms with van der Waals surface area (Å²) in [5, 5.41) is 4.55. The van der Waals surface area contributed by atoms with E-state index in [1.165, 1.54) is 13.2 Å². The Kier molecular flexibility index (Phi) is 3.76. The number of nitrogens with zero attached hydrogens (tertiary/aromatic N) is 3. The van der Waals surface area contributed by atoms with Crippen LogP contribution in [0.4, 0.5) is 9.18 Å². The summed E-state index contributed by atoms with van der Waals surface area (Å²) in [7, 11) is 1.53. The second-order valence-electron chi connectivity index (χ2n) is 4.71. The molecule has 0 aliphatic heterocycles. The first-order valence-corrected chi connectivity index (χ1v) is 6.76. The Morgan fingerprint density at radius 3 is 2.78 bits per heavy atom. The highest BCUT2D eigenvalue weighted by Gasteiger charge is 2.15. The number of rotatable bonds is 3. The van der Waals surface area contributed by atoms with Gasteiger partial charge in [0.1, 0.15) is 11.3 Å². The van der Waals surface area contributed by atoms with Gasteiger partial charge in [-0.25, -0.2) is 14.2 Å². The van der Waals surface area contributed by atoms with Crippen LogP contribution in [0.5, 0.6) is 5.88 Å². The van der Waals surface area contributed by atoms with Crippen molar-refractivity contribution in [2.45, 2.75) is 0 Å². The number of pyridine rings is 1. The zero-order chi connectivity index (χ0) is 16.4. The molecular weight excluding hydrogens is 299 g/mol. The summed E-state index contributed by atoms with van der Waals surface area (Å²) >= 11 is 0. The number of amides is 1. The van der Waals surface area contributed by atoms with Crippen molar-refractivity contribution < 1.29 is 13.9 Å². The number of benzene rings is 1. The van der Waals surface area contributed by atoms with Crippen LogP contribution in [-0.2, 0) is 0 Å². The monoisotopic (exact) mass is 312 g/mol. The van der Waals surface area contributed by atoms with E-state index in [1.807, 2.05) is 0 Å². The van der Waals surface area contributed by atoms with Crippen molar-refractivity contribution in [1.82, 2.24) is 14.8 Å². The largest absolute Gasteiger partial charge is 0.481 e. The van der Waals surface area contributed by atoms with E-state index in [9.17, 15) is 9.18 Å². The molecule has 1 aromatic carbocycles. The third-order valence-corrected chi connectivity index (χ3v) is 3.26. The molecule has 1 amide bonds. The number of ether oxygens (including phenoxy) is 1. The van der Waals surface area contributed by atoms with Gasteiger partial charge in [0, 0.05) is 11.5 Å². The Bertz CT molecular complexity index is 918. The van der Waals surface area contributed by atoms with Crippen LogP contribution in [0.2, 0.25) is 0 Å². The molecule has 3 rings (SSSR count). The molecule has 2 aromatic heterocycles. The van der Waals surface area contributed by atoms with E-state index in [0.29, 0.717) is 22.7 Å². The van der Waals surface area contributed by atoms with Crippen LogP contribution in [0.15, 0.2) is 36.4 Å². The maximum atomic E-state index is 14.0. The number of carbonyl (C=O) groups excluding carboxylic acids is 1. The Labute approximate surface area is 131 Å². The van der Waals surface area contributed by atoms with Gasteiger partial charge >= 0.3 is 6.03 Å². The number of methoxy groups -OCH3 is 1. The lowest BCUT2D eigenvalue weighted by Crippen LogP contribution is -2.21. The summed E-state index contributed by atoms with van der Waals surface area (Å²) in [4.78, 5) is 15.7. The fraction of sp³-hybridized carbons (Fsp3) is 0.0625. The minimum atomic E-state index is -0.848. The lowest BCUT2D eigenvalue weighted by molar-refractivity contribution is 0.248. The molecule has 0 unspecified atom stereocenters. The lowest BCUT2D eigenvalue weighted by Gasteiger charge is -1.98. The number of nitrogens with two attached hydrogens (primary N) is 1. The topological polar surface area (TPSA) is 83.0 Å². The van der Waals surface area contributed by atoms with Crippen LogP contribution in [0.3, 0.4) is 0 Å². The van der Waals surface area contributed by atoms with Crippen molar-refractivity contribution in [3.05, 3.63) is 53.6 Å². The van der Waals surface area contributed by atoms with Gasteiger partial charge in [-0.1, -0.05) is 18.2 Å². The van der Waals surface area contributed by atoms with Crippen molar-refractivity contribution in [2.24, 2.45) is 5.73 Å². The molecule has 2 N–H and O–H groups in total. The minimum absolute atomic E-state index is 0.0539. The van der Waals surface area contributed by atoms with Crippen molar-refractivity contribution in [3.63, 3.8) is 0 Å². The van der Waals surface area contributed by atoms with Crippen LogP contribution in [0, 0.1) is 5.82 Å². The van der Waals surface area contributed by atoms with E-state index in [2.05, 4.69) is 10.1 Å². The Hall–Kier alpha value is -3.22. The second kappa shape index (κ2) is 5.88. The summed E-state index contributed by atoms with van der Waals surface area (Å²) in [5.41, 5.74) is 6.36. The Morgan fingerprint density at radius 2 is 2.04 bits per heavy atom. The molecular formula is C16H13FN4O2. The van der Waals surface area contributed by atoms with Gasteiger partial charge in [-0.3, -0.25) is 0 Å². The van der Waals surface area contributed by atoms with E-state index in [1.54, 1.807) is 42.5 Å². The van der Waals surface area contributed by atoms with Gasteiger partial charge in [-0.15, -0.1) is 0 Å². The van der Waals surface area contributed by atoms with Crippen LogP contribution in [0.1, 0.15) is 11.4 Å². The van der Waals surface area contributed by atoms with Gasteiger partial charge in [0.05, 0.1) is 18.5 Å². The van der Waals surface area contributed by atoms with Gasteiger partial charge in [0.2, 0.25) is 5.88 Å². The Morgan fingerprint density at radius 1 is 1.26 bits per heavy atom. The molecule has 0 spiro atoms. The van der Waals surface area contributed by atoms with Gasteiger partial charge < -0.3 is 10.5 Å². The first-order valence-electron chi connectivity index (χ1n) is 6.76. The van der Waals surface area contributed by atoms with Crippen molar-refractivity contribution in [2.75, 3.05) is 7.11 Å². The van der Waals surface area contributed by atoms with Gasteiger partial charge in [-0.05, 0) is 24.3 Å². The van der Waals surface area contributed by atoms with Gasteiger partial charge in [-0.2, -0.15) is 9.78 Å². The number of primary amides is 1. The number of carbonyl (C=O) groups is 1. The molecule has 0 bridgehead atoms. The smallest absolute Gasteiger partial charge is 0.340 e. The fourth-order valence-electron chi connectivity index (χ4n) is 2.23. The quantitative estimate of drug-likeness (QED) is 0.806. The van der Waals surface area contributed by atoms with E-state index >= 15 is 0 Å². The average molecular weight is 312 g/mol. The van der Waals surface area contributed by atoms with Crippen molar-refractivity contribution in [3.8, 4) is 5.88 Å². The van der Waals surface area contributed by atoms with Crippen molar-refractivity contribution in [1.29, 1.82) is 0 Å². The summed E-state index contributed by atoms with van der Waals surface area (Å²) in [6.45, 7) is 0. The first-order chi connectivity index (χ1) is 11.1. The molecule has 0 saturated carbocycles. The van der Waals surface area contributed by atoms with Crippen LogP contribution in [0.25, 0.3) is 23.1 Å². The molecule has 7 heteroatoms. The predicted molar refractivity (Wildman–Crippen MR) is 84.4 cm³/mol. The van der Waals surface area contributed by atoms with Crippen LogP contribution in [-0.4, -0.2) is 27.9 Å². The van der Waals surface area contributed by atoms with Crippen LogP contribution >= 0.6 is 0 Å². The van der Waals surface area contributed by atoms with Crippen molar-refractivity contribution >= 4 is 29.1 Å². The average Bonchev–Trinajstić information content (AvgIpc) is 2.94. The number of halogens is 1. The molecule has 0 saturated heterocycles. The number of fused-ring (bicyclic) bond motifs is 1. The molecule has 0 aliphatic carbocycles. The molecule has 23 heavy (non-hydrogen) atoms. The second-order valence-corrected chi connectivity index (χ2v) is 4.71.